The second kappa shape index (κ2) is 7.74. The summed E-state index contributed by atoms with van der Waals surface area (Å²) in [7, 11) is 1.70. The third-order valence-corrected chi connectivity index (χ3v) is 3.70. The van der Waals surface area contributed by atoms with E-state index in [0.717, 1.165) is 38.8 Å². The fourth-order valence-electron chi connectivity index (χ4n) is 2.91. The first-order valence-corrected chi connectivity index (χ1v) is 7.02. The van der Waals surface area contributed by atoms with Crippen LogP contribution in [0.1, 0.15) is 39.5 Å². The summed E-state index contributed by atoms with van der Waals surface area (Å²) in [6, 6.07) is 0.189. The molecule has 0 aromatic carbocycles. The van der Waals surface area contributed by atoms with Crippen LogP contribution in [0.2, 0.25) is 0 Å². The lowest BCUT2D eigenvalue weighted by atomic mass is 9.83. The van der Waals surface area contributed by atoms with Crippen LogP contribution < -0.4 is 0 Å². The van der Waals surface area contributed by atoms with Crippen molar-refractivity contribution >= 4 is 5.97 Å². The summed E-state index contributed by atoms with van der Waals surface area (Å²) in [4.78, 5) is 13.7. The van der Waals surface area contributed by atoms with Crippen LogP contribution in [0, 0.1) is 11.8 Å². The van der Waals surface area contributed by atoms with Gasteiger partial charge in [-0.3, -0.25) is 9.69 Å². The summed E-state index contributed by atoms with van der Waals surface area (Å²) < 4.78 is 5.15. The van der Waals surface area contributed by atoms with Crippen molar-refractivity contribution in [2.24, 2.45) is 11.8 Å². The van der Waals surface area contributed by atoms with Gasteiger partial charge >= 0.3 is 5.97 Å². The van der Waals surface area contributed by atoms with Crippen LogP contribution in [0.15, 0.2) is 0 Å². The number of rotatable bonds is 7. The SMILES string of the molecule is COCCN(CC(C)C)C1CCCCC1C(=O)O. The molecule has 1 fully saturated rings. The fraction of sp³-hybridized carbons (Fsp3) is 0.929. The molecule has 0 bridgehead atoms. The number of ether oxygens (including phenoxy) is 1. The van der Waals surface area contributed by atoms with Crippen LogP contribution in [-0.4, -0.2) is 48.8 Å². The van der Waals surface area contributed by atoms with E-state index in [4.69, 9.17) is 4.74 Å². The number of aliphatic carboxylic acids is 1. The van der Waals surface area contributed by atoms with Crippen molar-refractivity contribution in [3.63, 3.8) is 0 Å². The molecule has 0 heterocycles. The molecule has 106 valence electrons. The van der Waals surface area contributed by atoms with E-state index < -0.39 is 5.97 Å². The number of carboxylic acid groups (broad SMARTS) is 1. The van der Waals surface area contributed by atoms with Gasteiger partial charge in [0.1, 0.15) is 0 Å². The van der Waals surface area contributed by atoms with E-state index >= 15 is 0 Å². The molecule has 1 aliphatic rings. The Kier molecular flexibility index (Phi) is 6.65. The average Bonchev–Trinajstić information content (AvgIpc) is 2.34. The number of carboxylic acids is 1. The third kappa shape index (κ3) is 4.58. The Balaban J connectivity index is 2.69. The van der Waals surface area contributed by atoms with E-state index in [9.17, 15) is 9.90 Å². The van der Waals surface area contributed by atoms with E-state index in [2.05, 4.69) is 18.7 Å². The quantitative estimate of drug-likeness (QED) is 0.760. The van der Waals surface area contributed by atoms with E-state index in [1.807, 2.05) is 0 Å². The normalized spacial score (nSPS) is 24.7. The van der Waals surface area contributed by atoms with Crippen molar-refractivity contribution in [1.82, 2.24) is 4.90 Å². The van der Waals surface area contributed by atoms with Gasteiger partial charge < -0.3 is 9.84 Å². The molecule has 1 saturated carbocycles. The molecule has 2 unspecified atom stereocenters. The zero-order valence-electron chi connectivity index (χ0n) is 11.9. The van der Waals surface area contributed by atoms with Crippen molar-refractivity contribution in [2.45, 2.75) is 45.6 Å². The van der Waals surface area contributed by atoms with E-state index in [0.29, 0.717) is 12.5 Å². The van der Waals surface area contributed by atoms with Crippen LogP contribution in [0.25, 0.3) is 0 Å². The summed E-state index contributed by atoms with van der Waals surface area (Å²) in [5.41, 5.74) is 0. The van der Waals surface area contributed by atoms with Crippen LogP contribution in [0.3, 0.4) is 0 Å². The number of methoxy groups -OCH3 is 1. The van der Waals surface area contributed by atoms with Crippen LogP contribution in [-0.2, 0) is 9.53 Å². The Morgan fingerprint density at radius 1 is 1.39 bits per heavy atom. The first-order chi connectivity index (χ1) is 8.56. The van der Waals surface area contributed by atoms with Crippen LogP contribution in [0.4, 0.5) is 0 Å². The predicted octanol–water partition coefficient (Wildman–Crippen LogP) is 2.23. The minimum absolute atomic E-state index is 0.189. The second-order valence-electron chi connectivity index (χ2n) is 5.68. The average molecular weight is 257 g/mol. The fourth-order valence-corrected chi connectivity index (χ4v) is 2.91. The molecule has 0 amide bonds. The Labute approximate surface area is 110 Å². The predicted molar refractivity (Wildman–Crippen MR) is 71.7 cm³/mol. The Morgan fingerprint density at radius 2 is 2.06 bits per heavy atom. The number of carbonyl (C=O) groups is 1. The number of nitrogens with zero attached hydrogens (tertiary/aromatic N) is 1. The molecule has 1 N–H and O–H groups in total. The van der Waals surface area contributed by atoms with Gasteiger partial charge in [-0.2, -0.15) is 0 Å². The summed E-state index contributed by atoms with van der Waals surface area (Å²) >= 11 is 0. The van der Waals surface area contributed by atoms with Crippen LogP contribution >= 0.6 is 0 Å². The first kappa shape index (κ1) is 15.4. The highest BCUT2D eigenvalue weighted by atomic mass is 16.5. The zero-order valence-corrected chi connectivity index (χ0v) is 11.9. The monoisotopic (exact) mass is 257 g/mol. The zero-order chi connectivity index (χ0) is 13.5. The number of hydrogen-bond acceptors (Lipinski definition) is 3. The summed E-state index contributed by atoms with van der Waals surface area (Å²) in [6.07, 6.45) is 4.03. The standard InChI is InChI=1S/C14H27NO3/c1-11(2)10-15(8-9-18-3)13-7-5-4-6-12(13)14(16)17/h11-13H,4-10H2,1-3H3,(H,16,17). The van der Waals surface area contributed by atoms with Gasteiger partial charge in [-0.1, -0.05) is 26.7 Å². The topological polar surface area (TPSA) is 49.8 Å². The lowest BCUT2D eigenvalue weighted by Crippen LogP contribution is -2.48. The molecule has 4 heteroatoms. The van der Waals surface area contributed by atoms with Gasteiger partial charge in [0.15, 0.2) is 0 Å². The summed E-state index contributed by atoms with van der Waals surface area (Å²) in [6.45, 7) is 6.83. The highest BCUT2D eigenvalue weighted by Gasteiger charge is 2.34. The lowest BCUT2D eigenvalue weighted by Gasteiger charge is -2.39. The highest BCUT2D eigenvalue weighted by Crippen LogP contribution is 2.29. The Bertz CT molecular complexity index is 255. The Morgan fingerprint density at radius 3 is 2.61 bits per heavy atom. The van der Waals surface area contributed by atoms with Gasteiger partial charge in [-0.25, -0.2) is 0 Å². The molecule has 0 aromatic heterocycles. The molecule has 0 aliphatic heterocycles. The van der Waals surface area contributed by atoms with Gasteiger partial charge in [-0.15, -0.1) is 0 Å². The second-order valence-corrected chi connectivity index (χ2v) is 5.68. The molecule has 0 aromatic rings. The largest absolute Gasteiger partial charge is 0.481 e. The van der Waals surface area contributed by atoms with Gasteiger partial charge in [0.05, 0.1) is 12.5 Å². The molecule has 18 heavy (non-hydrogen) atoms. The minimum Gasteiger partial charge on any atom is -0.481 e. The van der Waals surface area contributed by atoms with Gasteiger partial charge in [-0.05, 0) is 18.8 Å². The first-order valence-electron chi connectivity index (χ1n) is 7.02. The smallest absolute Gasteiger partial charge is 0.308 e. The van der Waals surface area contributed by atoms with E-state index in [1.165, 1.54) is 0 Å². The Hall–Kier alpha value is -0.610. The maximum Gasteiger partial charge on any atom is 0.308 e. The van der Waals surface area contributed by atoms with Crippen LogP contribution in [0.5, 0.6) is 0 Å². The van der Waals surface area contributed by atoms with E-state index in [1.54, 1.807) is 7.11 Å². The molecule has 0 spiro atoms. The molecule has 0 radical (unpaired) electrons. The minimum atomic E-state index is -0.633. The summed E-state index contributed by atoms with van der Waals surface area (Å²) in [5.74, 6) is -0.279. The van der Waals surface area contributed by atoms with Crippen molar-refractivity contribution in [3.8, 4) is 0 Å². The van der Waals surface area contributed by atoms with Crippen molar-refractivity contribution in [3.05, 3.63) is 0 Å². The molecule has 4 nitrogen and oxygen atoms in total. The van der Waals surface area contributed by atoms with Crippen molar-refractivity contribution in [2.75, 3.05) is 26.8 Å². The van der Waals surface area contributed by atoms with Crippen molar-refractivity contribution < 1.29 is 14.6 Å². The van der Waals surface area contributed by atoms with Crippen molar-refractivity contribution in [1.29, 1.82) is 0 Å². The molecule has 1 rings (SSSR count). The molecular weight excluding hydrogens is 230 g/mol. The number of hydrogen-bond donors (Lipinski definition) is 1. The van der Waals surface area contributed by atoms with Gasteiger partial charge in [0, 0.05) is 26.2 Å². The lowest BCUT2D eigenvalue weighted by molar-refractivity contribution is -0.146. The highest BCUT2D eigenvalue weighted by molar-refractivity contribution is 5.71. The maximum atomic E-state index is 11.4. The van der Waals surface area contributed by atoms with E-state index in [-0.39, 0.29) is 12.0 Å². The third-order valence-electron chi connectivity index (χ3n) is 3.70. The molecular formula is C14H27NO3. The van der Waals surface area contributed by atoms with Gasteiger partial charge in [0.2, 0.25) is 0 Å². The molecule has 1 aliphatic carbocycles. The molecule has 0 saturated heterocycles. The maximum absolute atomic E-state index is 11.4. The van der Waals surface area contributed by atoms with Gasteiger partial charge in [0.25, 0.3) is 0 Å². The molecule has 2 atom stereocenters. The summed E-state index contributed by atoms with van der Waals surface area (Å²) in [5, 5.41) is 9.36.